The van der Waals surface area contributed by atoms with Crippen molar-refractivity contribution in [2.75, 3.05) is 23.7 Å². The Labute approximate surface area is 109 Å². The van der Waals surface area contributed by atoms with Crippen LogP contribution in [-0.2, 0) is 0 Å². The van der Waals surface area contributed by atoms with E-state index in [2.05, 4.69) is 18.7 Å². The summed E-state index contributed by atoms with van der Waals surface area (Å²) in [7, 11) is 0. The number of piperidine rings is 1. The number of ketones is 1. The number of nitrogen functional groups attached to an aromatic ring is 1. The molecule has 0 aromatic heterocycles. The molecule has 0 saturated carbocycles. The molecule has 0 amide bonds. The zero-order valence-corrected chi connectivity index (χ0v) is 11.5. The maximum absolute atomic E-state index is 11.5. The van der Waals surface area contributed by atoms with Gasteiger partial charge >= 0.3 is 0 Å². The van der Waals surface area contributed by atoms with E-state index in [1.807, 2.05) is 18.2 Å². The van der Waals surface area contributed by atoms with Gasteiger partial charge in [-0.15, -0.1) is 0 Å². The molecule has 1 aromatic rings. The molecular weight excluding hydrogens is 224 g/mol. The van der Waals surface area contributed by atoms with Crippen molar-refractivity contribution in [2.24, 2.45) is 5.41 Å². The molecule has 0 spiro atoms. The number of hydrogen-bond acceptors (Lipinski definition) is 3. The van der Waals surface area contributed by atoms with Crippen molar-refractivity contribution in [1.82, 2.24) is 0 Å². The van der Waals surface area contributed by atoms with E-state index in [1.165, 1.54) is 12.8 Å². The zero-order valence-electron chi connectivity index (χ0n) is 11.5. The van der Waals surface area contributed by atoms with Crippen LogP contribution in [0.2, 0.25) is 0 Å². The van der Waals surface area contributed by atoms with Crippen LogP contribution in [-0.4, -0.2) is 18.9 Å². The Morgan fingerprint density at radius 2 is 1.89 bits per heavy atom. The van der Waals surface area contributed by atoms with Gasteiger partial charge in [0.2, 0.25) is 0 Å². The van der Waals surface area contributed by atoms with E-state index < -0.39 is 0 Å². The van der Waals surface area contributed by atoms with Crippen molar-refractivity contribution >= 4 is 17.2 Å². The molecule has 1 saturated heterocycles. The highest BCUT2D eigenvalue weighted by Gasteiger charge is 2.25. The number of carbonyl (C=O) groups is 1. The quantitative estimate of drug-likeness (QED) is 0.644. The third kappa shape index (κ3) is 2.66. The molecule has 1 heterocycles. The average Bonchev–Trinajstić information content (AvgIpc) is 2.30. The van der Waals surface area contributed by atoms with Crippen LogP contribution >= 0.6 is 0 Å². The first-order valence-electron chi connectivity index (χ1n) is 6.54. The lowest BCUT2D eigenvalue weighted by Gasteiger charge is -2.38. The molecule has 0 atom stereocenters. The van der Waals surface area contributed by atoms with E-state index >= 15 is 0 Å². The van der Waals surface area contributed by atoms with Gasteiger partial charge in [0, 0.05) is 30.0 Å². The summed E-state index contributed by atoms with van der Waals surface area (Å²) < 4.78 is 0. The summed E-state index contributed by atoms with van der Waals surface area (Å²) in [6.07, 6.45) is 2.37. The highest BCUT2D eigenvalue weighted by molar-refractivity contribution is 6.00. The van der Waals surface area contributed by atoms with Gasteiger partial charge in [-0.1, -0.05) is 13.8 Å². The molecule has 3 heteroatoms. The largest absolute Gasteiger partial charge is 0.398 e. The minimum Gasteiger partial charge on any atom is -0.398 e. The van der Waals surface area contributed by atoms with Crippen LogP contribution in [0.1, 0.15) is 44.0 Å². The Bertz CT molecular complexity index is 456. The first kappa shape index (κ1) is 12.9. The van der Waals surface area contributed by atoms with Crippen molar-refractivity contribution in [3.63, 3.8) is 0 Å². The van der Waals surface area contributed by atoms with Gasteiger partial charge in [0.1, 0.15) is 0 Å². The first-order chi connectivity index (χ1) is 8.39. The van der Waals surface area contributed by atoms with Gasteiger partial charge < -0.3 is 10.6 Å². The second-order valence-corrected chi connectivity index (χ2v) is 5.98. The SMILES string of the molecule is CC(=O)c1cc(N2CCC(C)(C)CC2)ccc1N. The number of rotatable bonds is 2. The van der Waals surface area contributed by atoms with Crippen molar-refractivity contribution in [2.45, 2.75) is 33.6 Å². The molecule has 3 nitrogen and oxygen atoms in total. The number of nitrogens with zero attached hydrogens (tertiary/aromatic N) is 1. The van der Waals surface area contributed by atoms with Crippen molar-refractivity contribution in [3.05, 3.63) is 23.8 Å². The lowest BCUT2D eigenvalue weighted by atomic mass is 9.82. The number of carbonyl (C=O) groups excluding carboxylic acids is 1. The molecule has 0 unspecified atom stereocenters. The Morgan fingerprint density at radius 1 is 1.28 bits per heavy atom. The van der Waals surface area contributed by atoms with Crippen LogP contribution < -0.4 is 10.6 Å². The van der Waals surface area contributed by atoms with Crippen molar-refractivity contribution in [3.8, 4) is 0 Å². The van der Waals surface area contributed by atoms with Crippen molar-refractivity contribution in [1.29, 1.82) is 0 Å². The topological polar surface area (TPSA) is 46.3 Å². The smallest absolute Gasteiger partial charge is 0.161 e. The van der Waals surface area contributed by atoms with Crippen LogP contribution in [0, 0.1) is 5.41 Å². The van der Waals surface area contributed by atoms with Gasteiger partial charge in [-0.3, -0.25) is 4.79 Å². The molecule has 2 N–H and O–H groups in total. The van der Waals surface area contributed by atoms with Crippen LogP contribution in [0.15, 0.2) is 18.2 Å². The fourth-order valence-corrected chi connectivity index (χ4v) is 2.42. The highest BCUT2D eigenvalue weighted by Crippen LogP contribution is 2.33. The Morgan fingerprint density at radius 3 is 2.44 bits per heavy atom. The van der Waals surface area contributed by atoms with E-state index in [0.717, 1.165) is 18.8 Å². The molecule has 1 aromatic carbocycles. The molecule has 98 valence electrons. The molecule has 0 radical (unpaired) electrons. The summed E-state index contributed by atoms with van der Waals surface area (Å²) in [4.78, 5) is 13.9. The number of benzene rings is 1. The standard InChI is InChI=1S/C15H22N2O/c1-11(18)13-10-12(4-5-14(13)16)17-8-6-15(2,3)7-9-17/h4-5,10H,6-9,16H2,1-3H3. The fourth-order valence-electron chi connectivity index (χ4n) is 2.42. The van der Waals surface area contributed by atoms with Gasteiger partial charge in [-0.2, -0.15) is 0 Å². The second-order valence-electron chi connectivity index (χ2n) is 5.98. The van der Waals surface area contributed by atoms with Gasteiger partial charge in [0.25, 0.3) is 0 Å². The molecular formula is C15H22N2O. The van der Waals surface area contributed by atoms with E-state index in [1.54, 1.807) is 6.92 Å². The Balaban J connectivity index is 2.20. The molecule has 1 aliphatic rings. The van der Waals surface area contributed by atoms with Crippen LogP contribution in [0.4, 0.5) is 11.4 Å². The van der Waals surface area contributed by atoms with Gasteiger partial charge in [-0.05, 0) is 43.4 Å². The molecule has 1 aliphatic heterocycles. The molecule has 2 rings (SSSR count). The van der Waals surface area contributed by atoms with Gasteiger partial charge in [0.15, 0.2) is 5.78 Å². The summed E-state index contributed by atoms with van der Waals surface area (Å²) in [5.41, 5.74) is 8.59. The normalized spacial score (nSPS) is 18.7. The highest BCUT2D eigenvalue weighted by atomic mass is 16.1. The second kappa shape index (κ2) is 4.63. The predicted octanol–water partition coefficient (Wildman–Crippen LogP) is 3.10. The van der Waals surface area contributed by atoms with Crippen molar-refractivity contribution < 1.29 is 4.79 Å². The van der Waals surface area contributed by atoms with E-state index in [0.29, 0.717) is 16.7 Å². The van der Waals surface area contributed by atoms with E-state index in [-0.39, 0.29) is 5.78 Å². The van der Waals surface area contributed by atoms with Gasteiger partial charge in [-0.25, -0.2) is 0 Å². The summed E-state index contributed by atoms with van der Waals surface area (Å²) in [5, 5.41) is 0. The first-order valence-corrected chi connectivity index (χ1v) is 6.54. The fraction of sp³-hybridized carbons (Fsp3) is 0.533. The maximum Gasteiger partial charge on any atom is 0.161 e. The lowest BCUT2D eigenvalue weighted by molar-refractivity contribution is 0.101. The van der Waals surface area contributed by atoms with Crippen LogP contribution in [0.25, 0.3) is 0 Å². The Kier molecular flexibility index (Phi) is 3.33. The average molecular weight is 246 g/mol. The number of hydrogen-bond donors (Lipinski definition) is 1. The summed E-state index contributed by atoms with van der Waals surface area (Å²) in [6.45, 7) is 8.29. The monoisotopic (exact) mass is 246 g/mol. The summed E-state index contributed by atoms with van der Waals surface area (Å²) in [6, 6.07) is 5.78. The Hall–Kier alpha value is -1.51. The lowest BCUT2D eigenvalue weighted by Crippen LogP contribution is -2.37. The maximum atomic E-state index is 11.5. The number of Topliss-reactive ketones (excluding diaryl/α,β-unsaturated/α-hetero) is 1. The predicted molar refractivity (Wildman–Crippen MR) is 76.1 cm³/mol. The number of nitrogens with two attached hydrogens (primary N) is 1. The molecule has 0 aliphatic carbocycles. The molecule has 18 heavy (non-hydrogen) atoms. The van der Waals surface area contributed by atoms with Crippen LogP contribution in [0.3, 0.4) is 0 Å². The zero-order chi connectivity index (χ0) is 13.3. The van der Waals surface area contributed by atoms with Crippen LogP contribution in [0.5, 0.6) is 0 Å². The van der Waals surface area contributed by atoms with E-state index in [4.69, 9.17) is 5.73 Å². The number of anilines is 2. The van der Waals surface area contributed by atoms with E-state index in [9.17, 15) is 4.79 Å². The molecule has 1 fully saturated rings. The minimum atomic E-state index is 0.0340. The summed E-state index contributed by atoms with van der Waals surface area (Å²) in [5.74, 6) is 0.0340. The third-order valence-electron chi connectivity index (χ3n) is 3.90. The molecule has 0 bridgehead atoms. The summed E-state index contributed by atoms with van der Waals surface area (Å²) >= 11 is 0. The third-order valence-corrected chi connectivity index (χ3v) is 3.90. The van der Waals surface area contributed by atoms with Gasteiger partial charge in [0.05, 0.1) is 0 Å². The minimum absolute atomic E-state index is 0.0340.